The van der Waals surface area contributed by atoms with E-state index in [2.05, 4.69) is 15.3 Å². The Morgan fingerprint density at radius 2 is 1.91 bits per heavy atom. The molecule has 1 aromatic carbocycles. The van der Waals surface area contributed by atoms with Crippen molar-refractivity contribution in [1.29, 1.82) is 0 Å². The minimum absolute atomic E-state index is 0.00907. The Morgan fingerprint density at radius 1 is 1.16 bits per heavy atom. The van der Waals surface area contributed by atoms with Crippen molar-refractivity contribution >= 4 is 35.3 Å². The van der Waals surface area contributed by atoms with Crippen molar-refractivity contribution in [2.45, 2.75) is 72.2 Å². The number of nitrogens with zero attached hydrogens (tertiary/aromatic N) is 5. The minimum Gasteiger partial charge on any atom is -0.483 e. The number of hydrogen-bond acceptors (Lipinski definition) is 7. The fourth-order valence-corrected chi connectivity index (χ4v) is 5.48. The summed E-state index contributed by atoms with van der Waals surface area (Å²) in [5.41, 5.74) is 2.62. The lowest BCUT2D eigenvalue weighted by Gasteiger charge is -2.35. The highest BCUT2D eigenvalue weighted by Crippen LogP contribution is 2.39. The summed E-state index contributed by atoms with van der Waals surface area (Å²) in [6.45, 7) is 8.83. The molecular weight excluding hydrogens is 571 g/mol. The van der Waals surface area contributed by atoms with E-state index >= 15 is 0 Å². The van der Waals surface area contributed by atoms with Gasteiger partial charge in [-0.15, -0.1) is 3.89 Å². The number of pyridine rings is 1. The van der Waals surface area contributed by atoms with E-state index in [9.17, 15) is 18.3 Å². The van der Waals surface area contributed by atoms with Crippen LogP contribution in [0.3, 0.4) is 0 Å². The smallest absolute Gasteiger partial charge is 0.274 e. The molecule has 3 aromatic heterocycles. The van der Waals surface area contributed by atoms with Crippen LogP contribution in [-0.4, -0.2) is 47.8 Å². The summed E-state index contributed by atoms with van der Waals surface area (Å²) in [6.07, 6.45) is 5.02. The average molecular weight is 607 g/mol. The maximum atomic E-state index is 13.6. The first kappa shape index (κ1) is 30.3. The summed E-state index contributed by atoms with van der Waals surface area (Å²) in [7, 11) is 0. The summed E-state index contributed by atoms with van der Waals surface area (Å²) in [4.78, 5) is 50.9. The van der Waals surface area contributed by atoms with E-state index in [1.807, 2.05) is 58.0 Å². The number of halogens is 1. The van der Waals surface area contributed by atoms with Gasteiger partial charge in [-0.1, -0.05) is 44.2 Å². The number of aromatic nitrogens is 4. The van der Waals surface area contributed by atoms with E-state index in [0.717, 1.165) is 24.1 Å². The van der Waals surface area contributed by atoms with Gasteiger partial charge in [-0.3, -0.25) is 14.4 Å². The van der Waals surface area contributed by atoms with Crippen molar-refractivity contribution in [2.24, 2.45) is 0 Å². The molecular formula is C31H35FN6O4S. The van der Waals surface area contributed by atoms with Crippen LogP contribution in [0.1, 0.15) is 84.3 Å². The van der Waals surface area contributed by atoms with Crippen LogP contribution in [0.4, 0.5) is 3.89 Å². The average Bonchev–Trinajstić information content (AvgIpc) is 3.81. The number of fused-ring (bicyclic) bond motifs is 2. The lowest BCUT2D eigenvalue weighted by Crippen LogP contribution is -2.46. The van der Waals surface area contributed by atoms with Crippen LogP contribution in [0.25, 0.3) is 11.2 Å². The number of carbonyl (C=O) groups is 2. The van der Waals surface area contributed by atoms with E-state index in [0.29, 0.717) is 30.2 Å². The second-order valence-electron chi connectivity index (χ2n) is 10.6. The number of rotatable bonds is 9. The molecule has 10 nitrogen and oxygen atoms in total. The molecule has 0 saturated heterocycles. The third-order valence-electron chi connectivity index (χ3n) is 7.46. The highest BCUT2D eigenvalue weighted by Gasteiger charge is 2.33. The van der Waals surface area contributed by atoms with Crippen LogP contribution >= 0.6 is 12.3 Å². The van der Waals surface area contributed by atoms with E-state index in [1.54, 1.807) is 15.7 Å². The Bertz CT molecular complexity index is 1700. The maximum absolute atomic E-state index is 13.6. The lowest BCUT2D eigenvalue weighted by molar-refractivity contribution is 0.0636. The molecule has 1 saturated carbocycles. The maximum Gasteiger partial charge on any atom is 0.274 e. The van der Waals surface area contributed by atoms with Crippen LogP contribution in [0.5, 0.6) is 5.75 Å². The van der Waals surface area contributed by atoms with Gasteiger partial charge < -0.3 is 19.5 Å². The number of nitrogens with one attached hydrogen (secondary N) is 1. The molecule has 1 aliphatic heterocycles. The third kappa shape index (κ3) is 6.15. The fraction of sp³-hybridized carbons (Fsp3) is 0.387. The van der Waals surface area contributed by atoms with Crippen molar-refractivity contribution in [3.63, 3.8) is 0 Å². The molecule has 43 heavy (non-hydrogen) atoms. The van der Waals surface area contributed by atoms with Gasteiger partial charge in [0, 0.05) is 43.0 Å². The monoisotopic (exact) mass is 606 g/mol. The number of benzene rings is 1. The molecule has 12 heteroatoms. The molecule has 2 amide bonds. The summed E-state index contributed by atoms with van der Waals surface area (Å²) < 4.78 is 22.5. The van der Waals surface area contributed by atoms with E-state index < -0.39 is 11.3 Å². The topological polar surface area (TPSA) is 111 Å². The summed E-state index contributed by atoms with van der Waals surface area (Å²) in [6, 6.07) is 10.7. The normalized spacial score (nSPS) is 14.4. The molecule has 4 aromatic rings. The van der Waals surface area contributed by atoms with Crippen LogP contribution in [0, 0.1) is 0 Å². The van der Waals surface area contributed by atoms with Crippen molar-refractivity contribution < 1.29 is 18.2 Å². The lowest BCUT2D eigenvalue weighted by atomic mass is 10.1. The predicted octanol–water partition coefficient (Wildman–Crippen LogP) is 5.25. The van der Waals surface area contributed by atoms with Crippen molar-refractivity contribution in [2.75, 3.05) is 6.54 Å². The predicted molar refractivity (Wildman–Crippen MR) is 164 cm³/mol. The second kappa shape index (κ2) is 13.0. The SMILES string of the molecule is CC.CC(C)N1CCn2c(CNC(=O)c3cn(SF)c4ncc(C5CC5)nc34)cc(=O)c(OCc3ccccc3)c2C1=O. The Balaban J connectivity index is 0.00000180. The number of amides is 2. The van der Waals surface area contributed by atoms with E-state index in [1.165, 1.54) is 16.2 Å². The molecule has 0 spiro atoms. The molecule has 0 bridgehead atoms. The van der Waals surface area contributed by atoms with Crippen molar-refractivity contribution in [3.05, 3.63) is 87.2 Å². The highest BCUT2D eigenvalue weighted by molar-refractivity contribution is 7.92. The molecule has 1 fully saturated rings. The molecule has 1 aliphatic carbocycles. The minimum atomic E-state index is -0.484. The van der Waals surface area contributed by atoms with Gasteiger partial charge in [-0.2, -0.15) is 0 Å². The van der Waals surface area contributed by atoms with Crippen molar-refractivity contribution in [1.82, 2.24) is 28.7 Å². The molecule has 2 aliphatic rings. The van der Waals surface area contributed by atoms with Crippen LogP contribution in [0.2, 0.25) is 0 Å². The summed E-state index contributed by atoms with van der Waals surface area (Å²) in [5.74, 6) is -0.481. The first-order valence-electron chi connectivity index (χ1n) is 14.6. The Kier molecular flexibility index (Phi) is 9.14. The first-order chi connectivity index (χ1) is 20.9. The van der Waals surface area contributed by atoms with E-state index in [-0.39, 0.29) is 60.1 Å². The standard InChI is InChI=1S/C29H29FN6O4S.C2H6/c1-17(2)34-10-11-35-20(12-23(37)26(25(35)29(34)39)40-16-18-6-4-3-5-7-18)13-32-28(38)21-15-36(41-30)27-24(21)33-22(14-31-27)19-8-9-19;1-2/h3-7,12,14-15,17,19H,8-11,13,16H2,1-2H3,(H,32,38);1-2H3. The van der Waals surface area contributed by atoms with Gasteiger partial charge in [-0.05, 0) is 32.3 Å². The molecule has 0 radical (unpaired) electrons. The van der Waals surface area contributed by atoms with Crippen LogP contribution in [0.15, 0.2) is 53.6 Å². The quantitative estimate of drug-likeness (QED) is 0.277. The zero-order valence-electron chi connectivity index (χ0n) is 24.7. The summed E-state index contributed by atoms with van der Waals surface area (Å²) >= 11 is -0.0587. The van der Waals surface area contributed by atoms with Gasteiger partial charge in [-0.25, -0.2) is 13.9 Å². The Labute approximate surface area is 253 Å². The fourth-order valence-electron chi connectivity index (χ4n) is 5.14. The van der Waals surface area contributed by atoms with Gasteiger partial charge in [0.05, 0.1) is 24.0 Å². The molecule has 1 N–H and O–H groups in total. The Hall–Kier alpha value is -4.19. The van der Waals surface area contributed by atoms with Gasteiger partial charge in [0.25, 0.3) is 11.8 Å². The van der Waals surface area contributed by atoms with Gasteiger partial charge >= 0.3 is 0 Å². The second-order valence-corrected chi connectivity index (χ2v) is 11.1. The zero-order chi connectivity index (χ0) is 30.7. The van der Waals surface area contributed by atoms with Gasteiger partial charge in [0.15, 0.2) is 29.4 Å². The molecule has 0 unspecified atom stereocenters. The Morgan fingerprint density at radius 3 is 2.58 bits per heavy atom. The van der Waals surface area contributed by atoms with Crippen LogP contribution in [-0.2, 0) is 19.7 Å². The van der Waals surface area contributed by atoms with Crippen molar-refractivity contribution in [3.8, 4) is 5.75 Å². The molecule has 226 valence electrons. The number of ether oxygens (including phenoxy) is 1. The summed E-state index contributed by atoms with van der Waals surface area (Å²) in [5, 5.41) is 2.84. The number of hydrogen-bond donors (Lipinski definition) is 1. The van der Waals surface area contributed by atoms with Gasteiger partial charge in [0.2, 0.25) is 5.43 Å². The van der Waals surface area contributed by atoms with Gasteiger partial charge in [0.1, 0.15) is 12.1 Å². The van der Waals surface area contributed by atoms with Crippen LogP contribution < -0.4 is 15.5 Å². The number of carbonyl (C=O) groups excluding carboxylic acids is 2. The van der Waals surface area contributed by atoms with E-state index in [4.69, 9.17) is 4.74 Å². The third-order valence-corrected chi connectivity index (χ3v) is 7.88. The largest absolute Gasteiger partial charge is 0.483 e. The molecule has 4 heterocycles. The highest BCUT2D eigenvalue weighted by atomic mass is 32.2. The first-order valence-corrected chi connectivity index (χ1v) is 15.2. The molecule has 6 rings (SSSR count). The zero-order valence-corrected chi connectivity index (χ0v) is 25.5. The molecule has 0 atom stereocenters.